The molecule has 3 heterocycles. The summed E-state index contributed by atoms with van der Waals surface area (Å²) in [4.78, 5) is 8.41. The van der Waals surface area contributed by atoms with E-state index in [0.717, 1.165) is 18.4 Å². The normalized spacial score (nSPS) is 18.4. The maximum Gasteiger partial charge on any atom is 0.262 e. The fourth-order valence-electron chi connectivity index (χ4n) is 3.44. The highest BCUT2D eigenvalue weighted by molar-refractivity contribution is 7.89. The van der Waals surface area contributed by atoms with Crippen LogP contribution in [-0.2, 0) is 23.5 Å². The van der Waals surface area contributed by atoms with Crippen molar-refractivity contribution in [3.8, 4) is 0 Å². The molecule has 0 N–H and O–H groups in total. The van der Waals surface area contributed by atoms with Crippen LogP contribution >= 0.6 is 11.6 Å². The Labute approximate surface area is 169 Å². The largest absolute Gasteiger partial charge is 0.445 e. The SMILES string of the molecule is Cn1cnc(S(=O)(=O)N2CCC[C@@H](c3ncc(Cc4ccccc4Cl)o3)C2)c1. The first kappa shape index (κ1) is 19.2. The fourth-order valence-corrected chi connectivity index (χ4v) is 5.13. The molecule has 28 heavy (non-hydrogen) atoms. The number of aryl methyl sites for hydroxylation is 1. The number of imidazole rings is 1. The van der Waals surface area contributed by atoms with Crippen molar-refractivity contribution in [1.82, 2.24) is 18.8 Å². The number of halogens is 1. The van der Waals surface area contributed by atoms with Crippen LogP contribution in [0.3, 0.4) is 0 Å². The maximum atomic E-state index is 12.8. The van der Waals surface area contributed by atoms with Gasteiger partial charge in [-0.05, 0) is 24.5 Å². The van der Waals surface area contributed by atoms with E-state index in [1.165, 1.54) is 16.8 Å². The van der Waals surface area contributed by atoms with Gasteiger partial charge < -0.3 is 8.98 Å². The lowest BCUT2D eigenvalue weighted by Crippen LogP contribution is -2.39. The Hall–Kier alpha value is -2.16. The third kappa shape index (κ3) is 3.85. The first-order valence-electron chi connectivity index (χ1n) is 9.09. The lowest BCUT2D eigenvalue weighted by molar-refractivity contribution is 0.281. The van der Waals surface area contributed by atoms with Crippen molar-refractivity contribution >= 4 is 21.6 Å². The van der Waals surface area contributed by atoms with Crippen LogP contribution in [0.25, 0.3) is 0 Å². The molecule has 1 saturated heterocycles. The molecule has 1 aliphatic rings. The third-order valence-corrected chi connectivity index (χ3v) is 7.03. The minimum absolute atomic E-state index is 0.0717. The van der Waals surface area contributed by atoms with Gasteiger partial charge in [0.2, 0.25) is 0 Å². The summed E-state index contributed by atoms with van der Waals surface area (Å²) in [6.45, 7) is 0.813. The molecule has 1 fully saturated rings. The van der Waals surface area contributed by atoms with Gasteiger partial charge in [-0.25, -0.2) is 18.4 Å². The van der Waals surface area contributed by atoms with E-state index in [-0.39, 0.29) is 10.9 Å². The lowest BCUT2D eigenvalue weighted by atomic mass is 10.00. The predicted octanol–water partition coefficient (Wildman–Crippen LogP) is 3.22. The van der Waals surface area contributed by atoms with Crippen LogP contribution in [0.1, 0.15) is 36.0 Å². The van der Waals surface area contributed by atoms with Gasteiger partial charge >= 0.3 is 0 Å². The molecule has 148 valence electrons. The molecule has 0 saturated carbocycles. The second-order valence-electron chi connectivity index (χ2n) is 7.01. The van der Waals surface area contributed by atoms with Crippen LogP contribution in [-0.4, -0.2) is 40.3 Å². The lowest BCUT2D eigenvalue weighted by Gasteiger charge is -2.29. The van der Waals surface area contributed by atoms with Gasteiger partial charge in [0.1, 0.15) is 5.76 Å². The van der Waals surface area contributed by atoms with Gasteiger partial charge in [-0.2, -0.15) is 4.31 Å². The van der Waals surface area contributed by atoms with E-state index in [0.29, 0.717) is 36.2 Å². The summed E-state index contributed by atoms with van der Waals surface area (Å²) >= 11 is 6.22. The molecular weight excluding hydrogens is 400 g/mol. The Morgan fingerprint density at radius 3 is 2.86 bits per heavy atom. The molecule has 1 aromatic carbocycles. The molecule has 4 rings (SSSR count). The Balaban J connectivity index is 1.49. The number of hydrogen-bond donors (Lipinski definition) is 0. The number of sulfonamides is 1. The van der Waals surface area contributed by atoms with E-state index >= 15 is 0 Å². The smallest absolute Gasteiger partial charge is 0.262 e. The monoisotopic (exact) mass is 420 g/mol. The van der Waals surface area contributed by atoms with Crippen LogP contribution < -0.4 is 0 Å². The van der Waals surface area contributed by atoms with E-state index in [1.807, 2.05) is 24.3 Å². The molecule has 3 aromatic rings. The molecule has 2 aromatic heterocycles. The van der Waals surface area contributed by atoms with E-state index in [2.05, 4.69) is 9.97 Å². The fraction of sp³-hybridized carbons (Fsp3) is 0.368. The average Bonchev–Trinajstić information content (AvgIpc) is 3.33. The molecule has 0 bridgehead atoms. The van der Waals surface area contributed by atoms with Crippen LogP contribution in [0, 0.1) is 0 Å². The van der Waals surface area contributed by atoms with Crippen LogP contribution in [0.4, 0.5) is 0 Å². The Morgan fingerprint density at radius 1 is 1.29 bits per heavy atom. The zero-order valence-corrected chi connectivity index (χ0v) is 17.0. The van der Waals surface area contributed by atoms with Gasteiger partial charge in [-0.1, -0.05) is 29.8 Å². The summed E-state index contributed by atoms with van der Waals surface area (Å²) in [5.41, 5.74) is 0.967. The first-order valence-corrected chi connectivity index (χ1v) is 10.9. The molecule has 1 aliphatic heterocycles. The van der Waals surface area contributed by atoms with Gasteiger partial charge in [0.15, 0.2) is 10.9 Å². The van der Waals surface area contributed by atoms with Crippen LogP contribution in [0.2, 0.25) is 5.02 Å². The Bertz CT molecular complexity index is 1080. The second-order valence-corrected chi connectivity index (χ2v) is 9.30. The summed E-state index contributed by atoms with van der Waals surface area (Å²) in [5.74, 6) is 1.21. The molecule has 1 atom stereocenters. The van der Waals surface area contributed by atoms with E-state index < -0.39 is 10.0 Å². The molecular formula is C19H21ClN4O3S. The van der Waals surface area contributed by atoms with Gasteiger partial charge in [-0.15, -0.1) is 0 Å². The summed E-state index contributed by atoms with van der Waals surface area (Å²) in [6, 6.07) is 7.61. The number of nitrogens with zero attached hydrogens (tertiary/aromatic N) is 4. The van der Waals surface area contributed by atoms with Gasteiger partial charge in [0.05, 0.1) is 12.5 Å². The van der Waals surface area contributed by atoms with Crippen molar-refractivity contribution < 1.29 is 12.8 Å². The van der Waals surface area contributed by atoms with E-state index in [9.17, 15) is 8.42 Å². The topological polar surface area (TPSA) is 81.2 Å². The average molecular weight is 421 g/mol. The number of hydrogen-bond acceptors (Lipinski definition) is 5. The molecule has 0 aliphatic carbocycles. The number of oxazole rings is 1. The van der Waals surface area contributed by atoms with E-state index in [1.54, 1.807) is 17.8 Å². The number of rotatable bonds is 5. The number of benzene rings is 1. The minimum atomic E-state index is -3.61. The van der Waals surface area contributed by atoms with Crippen molar-refractivity contribution in [2.45, 2.75) is 30.2 Å². The summed E-state index contributed by atoms with van der Waals surface area (Å²) < 4.78 is 34.7. The number of piperidine rings is 1. The molecule has 0 unspecified atom stereocenters. The molecule has 7 nitrogen and oxygen atoms in total. The quantitative estimate of drug-likeness (QED) is 0.633. The van der Waals surface area contributed by atoms with Gasteiger partial charge in [0.25, 0.3) is 10.0 Å². The summed E-state index contributed by atoms with van der Waals surface area (Å²) in [5, 5.41) is 0.758. The highest BCUT2D eigenvalue weighted by atomic mass is 35.5. The van der Waals surface area contributed by atoms with Crippen molar-refractivity contribution in [2.75, 3.05) is 13.1 Å². The highest BCUT2D eigenvalue weighted by Crippen LogP contribution is 2.30. The Morgan fingerprint density at radius 2 is 2.11 bits per heavy atom. The van der Waals surface area contributed by atoms with Gasteiger partial charge in [0, 0.05) is 43.7 Å². The summed E-state index contributed by atoms with van der Waals surface area (Å²) in [7, 11) is -1.87. The highest BCUT2D eigenvalue weighted by Gasteiger charge is 2.34. The van der Waals surface area contributed by atoms with Crippen molar-refractivity contribution in [3.05, 3.63) is 65.2 Å². The Kier molecular flexibility index (Phi) is 5.27. The van der Waals surface area contributed by atoms with Crippen LogP contribution in [0.5, 0.6) is 0 Å². The molecule has 0 radical (unpaired) electrons. The second kappa shape index (κ2) is 7.69. The first-order chi connectivity index (χ1) is 13.4. The molecule has 9 heteroatoms. The zero-order valence-electron chi connectivity index (χ0n) is 15.5. The van der Waals surface area contributed by atoms with Crippen LogP contribution in [0.15, 0.2) is 52.4 Å². The standard InChI is InChI=1S/C19H21ClN4O3S/c1-23-12-18(22-13-23)28(25,26)24-8-4-6-15(11-24)19-21-10-16(27-19)9-14-5-2-3-7-17(14)20/h2-3,5,7,10,12-13,15H,4,6,8-9,11H2,1H3/t15-/m1/s1. The maximum absolute atomic E-state index is 12.8. The minimum Gasteiger partial charge on any atom is -0.445 e. The van der Waals surface area contributed by atoms with Crippen molar-refractivity contribution in [3.63, 3.8) is 0 Å². The summed E-state index contributed by atoms with van der Waals surface area (Å²) in [6.07, 6.45) is 6.84. The molecule has 0 amide bonds. The van der Waals surface area contributed by atoms with Crippen molar-refractivity contribution in [2.24, 2.45) is 7.05 Å². The van der Waals surface area contributed by atoms with E-state index in [4.69, 9.17) is 16.0 Å². The van der Waals surface area contributed by atoms with Crippen molar-refractivity contribution in [1.29, 1.82) is 0 Å². The van der Waals surface area contributed by atoms with Gasteiger partial charge in [-0.3, -0.25) is 0 Å². The molecule has 0 spiro atoms. The predicted molar refractivity (Wildman–Crippen MR) is 105 cm³/mol. The zero-order chi connectivity index (χ0) is 19.7. The third-order valence-electron chi connectivity index (χ3n) is 4.91. The number of aromatic nitrogens is 3.